The maximum atomic E-state index is 11.6. The summed E-state index contributed by atoms with van der Waals surface area (Å²) >= 11 is 0. The Balaban J connectivity index is 1.96. The van der Waals surface area contributed by atoms with Crippen molar-refractivity contribution in [2.45, 2.75) is 39.7 Å². The highest BCUT2D eigenvalue weighted by Gasteiger charge is 2.32. The van der Waals surface area contributed by atoms with Crippen molar-refractivity contribution in [3.8, 4) is 0 Å². The highest BCUT2D eigenvalue weighted by Crippen LogP contribution is 2.34. The van der Waals surface area contributed by atoms with Crippen LogP contribution in [-0.4, -0.2) is 42.8 Å². The second kappa shape index (κ2) is 6.62. The zero-order chi connectivity index (χ0) is 15.5. The molecule has 1 aliphatic heterocycles. The first-order valence-electron chi connectivity index (χ1n) is 7.54. The molecule has 1 fully saturated rings. The van der Waals surface area contributed by atoms with E-state index in [1.165, 1.54) is 7.11 Å². The molecule has 0 aromatic carbocycles. The van der Waals surface area contributed by atoms with E-state index in [1.54, 1.807) is 13.0 Å². The fourth-order valence-electron chi connectivity index (χ4n) is 2.96. The summed E-state index contributed by atoms with van der Waals surface area (Å²) in [4.78, 5) is 13.9. The number of ether oxygens (including phenoxy) is 1. The Morgan fingerprint density at radius 2 is 2.14 bits per heavy atom. The van der Waals surface area contributed by atoms with Crippen molar-refractivity contribution in [2.75, 3.05) is 26.8 Å². The van der Waals surface area contributed by atoms with Gasteiger partial charge in [-0.25, -0.2) is 4.79 Å². The lowest BCUT2D eigenvalue weighted by atomic mass is 9.77. The van der Waals surface area contributed by atoms with Gasteiger partial charge in [-0.05, 0) is 50.8 Å². The third-order valence-electron chi connectivity index (χ3n) is 4.76. The van der Waals surface area contributed by atoms with Gasteiger partial charge in [-0.15, -0.1) is 0 Å². The lowest BCUT2D eigenvalue weighted by Crippen LogP contribution is -2.41. The largest absolute Gasteiger partial charge is 0.465 e. The minimum atomic E-state index is -0.355. The molecule has 0 saturated carbocycles. The molecule has 2 rings (SSSR count). The summed E-state index contributed by atoms with van der Waals surface area (Å²) in [6, 6.07) is 1.77. The van der Waals surface area contributed by atoms with Gasteiger partial charge in [-0.3, -0.25) is 4.90 Å². The molecule has 1 N–H and O–H groups in total. The zero-order valence-electron chi connectivity index (χ0n) is 13.1. The van der Waals surface area contributed by atoms with Crippen LogP contribution in [0.5, 0.6) is 0 Å². The number of rotatable bonds is 5. The molecule has 1 aromatic rings. The molecule has 0 spiro atoms. The number of likely N-dealkylation sites (tertiary alicyclic amines) is 1. The molecule has 0 unspecified atom stereocenters. The quantitative estimate of drug-likeness (QED) is 0.845. The van der Waals surface area contributed by atoms with E-state index in [9.17, 15) is 9.90 Å². The number of hydrogen-bond donors (Lipinski definition) is 1. The summed E-state index contributed by atoms with van der Waals surface area (Å²) in [5.41, 5.74) is 0.593. The van der Waals surface area contributed by atoms with Gasteiger partial charge in [-0.1, -0.05) is 6.92 Å². The molecular weight excluding hydrogens is 270 g/mol. The molecule has 0 atom stereocenters. The van der Waals surface area contributed by atoms with Gasteiger partial charge in [0, 0.05) is 6.61 Å². The van der Waals surface area contributed by atoms with Crippen LogP contribution in [-0.2, 0) is 11.3 Å². The summed E-state index contributed by atoms with van der Waals surface area (Å²) in [6.07, 6.45) is 3.02. The second-order valence-corrected chi connectivity index (χ2v) is 5.96. The van der Waals surface area contributed by atoms with Gasteiger partial charge in [0.25, 0.3) is 0 Å². The standard InChI is InChI=1S/C16H25NO4/c1-4-16(11-18)5-7-17(8-6-16)10-13-9-14(12(2)21-13)15(19)20-3/h9,18H,4-8,10-11H2,1-3H3. The number of esters is 1. The fraction of sp³-hybridized carbons (Fsp3) is 0.688. The molecule has 2 heterocycles. The molecule has 1 aliphatic rings. The molecule has 1 saturated heterocycles. The smallest absolute Gasteiger partial charge is 0.341 e. The predicted molar refractivity (Wildman–Crippen MR) is 79.1 cm³/mol. The number of hydrogen-bond acceptors (Lipinski definition) is 5. The zero-order valence-corrected chi connectivity index (χ0v) is 13.1. The molecule has 5 heteroatoms. The Bertz CT molecular complexity index is 480. The summed E-state index contributed by atoms with van der Waals surface area (Å²) in [5, 5.41) is 9.56. The second-order valence-electron chi connectivity index (χ2n) is 5.96. The number of aryl methyl sites for hydroxylation is 1. The van der Waals surface area contributed by atoms with Crippen LogP contribution in [0.4, 0.5) is 0 Å². The molecule has 0 amide bonds. The van der Waals surface area contributed by atoms with Crippen molar-refractivity contribution in [3.05, 3.63) is 23.2 Å². The van der Waals surface area contributed by atoms with Gasteiger partial charge in [0.05, 0.1) is 13.7 Å². The van der Waals surface area contributed by atoms with Crippen LogP contribution in [0.3, 0.4) is 0 Å². The molecule has 0 bridgehead atoms. The van der Waals surface area contributed by atoms with Crippen LogP contribution in [0.1, 0.15) is 48.1 Å². The SMILES string of the molecule is CCC1(CO)CCN(Cc2cc(C(=O)OC)c(C)o2)CC1. The van der Waals surface area contributed by atoms with E-state index in [0.717, 1.165) is 38.1 Å². The monoisotopic (exact) mass is 295 g/mol. The number of aliphatic hydroxyl groups excluding tert-OH is 1. The first kappa shape index (κ1) is 16.0. The summed E-state index contributed by atoms with van der Waals surface area (Å²) in [5.74, 6) is 1.04. The van der Waals surface area contributed by atoms with Gasteiger partial charge in [0.2, 0.25) is 0 Å². The Labute approximate surface area is 125 Å². The van der Waals surface area contributed by atoms with Crippen LogP contribution in [0.2, 0.25) is 0 Å². The van der Waals surface area contributed by atoms with Gasteiger partial charge < -0.3 is 14.3 Å². The van der Waals surface area contributed by atoms with E-state index >= 15 is 0 Å². The van der Waals surface area contributed by atoms with Crippen LogP contribution >= 0.6 is 0 Å². The number of methoxy groups -OCH3 is 1. The van der Waals surface area contributed by atoms with E-state index in [4.69, 9.17) is 9.15 Å². The molecular formula is C16H25NO4. The van der Waals surface area contributed by atoms with Crippen molar-refractivity contribution in [2.24, 2.45) is 5.41 Å². The maximum Gasteiger partial charge on any atom is 0.341 e. The van der Waals surface area contributed by atoms with Gasteiger partial charge in [0.15, 0.2) is 0 Å². The lowest BCUT2D eigenvalue weighted by molar-refractivity contribution is 0.0360. The highest BCUT2D eigenvalue weighted by molar-refractivity contribution is 5.90. The number of carbonyl (C=O) groups excluding carboxylic acids is 1. The van der Waals surface area contributed by atoms with Crippen molar-refractivity contribution in [1.29, 1.82) is 0 Å². The molecule has 5 nitrogen and oxygen atoms in total. The Kier molecular flexibility index (Phi) is 5.06. The number of piperidine rings is 1. The normalized spacial score (nSPS) is 18.7. The molecule has 1 aromatic heterocycles. The highest BCUT2D eigenvalue weighted by atomic mass is 16.5. The Hall–Kier alpha value is -1.33. The third-order valence-corrected chi connectivity index (χ3v) is 4.76. The van der Waals surface area contributed by atoms with Crippen LogP contribution in [0, 0.1) is 12.3 Å². The topological polar surface area (TPSA) is 62.9 Å². The van der Waals surface area contributed by atoms with Gasteiger partial charge in [-0.2, -0.15) is 0 Å². The van der Waals surface area contributed by atoms with E-state index in [2.05, 4.69) is 11.8 Å². The average Bonchev–Trinajstić information content (AvgIpc) is 2.88. The number of furan rings is 1. The minimum Gasteiger partial charge on any atom is -0.465 e. The van der Waals surface area contributed by atoms with Crippen molar-refractivity contribution < 1.29 is 19.1 Å². The summed E-state index contributed by atoms with van der Waals surface area (Å²) < 4.78 is 10.4. The molecule has 21 heavy (non-hydrogen) atoms. The number of carbonyl (C=O) groups is 1. The number of nitrogens with zero attached hydrogens (tertiary/aromatic N) is 1. The van der Waals surface area contributed by atoms with Crippen LogP contribution in [0.25, 0.3) is 0 Å². The van der Waals surface area contributed by atoms with Gasteiger partial charge >= 0.3 is 5.97 Å². The fourth-order valence-corrected chi connectivity index (χ4v) is 2.96. The average molecular weight is 295 g/mol. The van der Waals surface area contributed by atoms with E-state index in [0.29, 0.717) is 17.9 Å². The summed E-state index contributed by atoms with van der Waals surface area (Å²) in [6.45, 7) is 6.78. The van der Waals surface area contributed by atoms with Crippen molar-refractivity contribution >= 4 is 5.97 Å². The first-order chi connectivity index (χ1) is 10.0. The van der Waals surface area contributed by atoms with E-state index < -0.39 is 0 Å². The molecule has 0 aliphatic carbocycles. The van der Waals surface area contributed by atoms with Crippen LogP contribution < -0.4 is 0 Å². The number of aliphatic hydroxyl groups is 1. The minimum absolute atomic E-state index is 0.0900. The van der Waals surface area contributed by atoms with Gasteiger partial charge in [0.1, 0.15) is 17.1 Å². The summed E-state index contributed by atoms with van der Waals surface area (Å²) in [7, 11) is 1.37. The van der Waals surface area contributed by atoms with Crippen molar-refractivity contribution in [3.63, 3.8) is 0 Å². The Morgan fingerprint density at radius 1 is 1.48 bits per heavy atom. The lowest BCUT2D eigenvalue weighted by Gasteiger charge is -2.39. The molecule has 0 radical (unpaired) electrons. The van der Waals surface area contributed by atoms with E-state index in [1.807, 2.05) is 0 Å². The molecule has 118 valence electrons. The third kappa shape index (κ3) is 3.47. The van der Waals surface area contributed by atoms with Crippen molar-refractivity contribution in [1.82, 2.24) is 4.90 Å². The van der Waals surface area contributed by atoms with E-state index in [-0.39, 0.29) is 18.0 Å². The Morgan fingerprint density at radius 3 is 2.67 bits per heavy atom. The van der Waals surface area contributed by atoms with Crippen LogP contribution in [0.15, 0.2) is 10.5 Å². The maximum absolute atomic E-state index is 11.6. The predicted octanol–water partition coefficient (Wildman–Crippen LogP) is 2.36. The first-order valence-corrected chi connectivity index (χ1v) is 7.54.